The number of epoxide rings is 1. The maximum Gasteiger partial charge on any atom is 0.321 e. The summed E-state index contributed by atoms with van der Waals surface area (Å²) in [7, 11) is 0. The van der Waals surface area contributed by atoms with Crippen LogP contribution in [0.3, 0.4) is 0 Å². The third-order valence-electron chi connectivity index (χ3n) is 1.21. The van der Waals surface area contributed by atoms with Gasteiger partial charge in [-0.1, -0.05) is 15.9 Å². The summed E-state index contributed by atoms with van der Waals surface area (Å²) < 4.78 is 9.70. The van der Waals surface area contributed by atoms with E-state index in [-0.39, 0.29) is 23.2 Å². The lowest BCUT2D eigenvalue weighted by Crippen LogP contribution is -2.16. The first-order chi connectivity index (χ1) is 4.61. The molecule has 0 N–H and O–H groups in total. The molecule has 58 valence electrons. The molecule has 4 heteroatoms. The number of alkyl halides is 1. The van der Waals surface area contributed by atoms with Crippen LogP contribution in [-0.4, -0.2) is 23.2 Å². The van der Waals surface area contributed by atoms with Crippen LogP contribution in [0.15, 0.2) is 0 Å². The number of esters is 1. The Hall–Kier alpha value is -0.0900. The van der Waals surface area contributed by atoms with Crippen molar-refractivity contribution >= 4 is 21.9 Å². The highest BCUT2D eigenvalue weighted by atomic mass is 79.9. The lowest BCUT2D eigenvalue weighted by Gasteiger charge is -2.00. The fraction of sp³-hybridized carbons (Fsp3) is 0.833. The highest BCUT2D eigenvalue weighted by Gasteiger charge is 2.38. The standard InChI is InChI=1S/C6H9BrO3/c1-3(7)5(8)10-6-4(2)9-6/h3-4,6H,1-2H3. The molecule has 3 unspecified atom stereocenters. The highest BCUT2D eigenvalue weighted by Crippen LogP contribution is 2.23. The molecule has 1 saturated heterocycles. The van der Waals surface area contributed by atoms with Crippen LogP contribution in [0, 0.1) is 0 Å². The summed E-state index contributed by atoms with van der Waals surface area (Å²) >= 11 is 3.09. The van der Waals surface area contributed by atoms with Crippen LogP contribution < -0.4 is 0 Å². The van der Waals surface area contributed by atoms with Gasteiger partial charge in [-0.3, -0.25) is 4.79 Å². The van der Waals surface area contributed by atoms with Gasteiger partial charge in [-0.2, -0.15) is 0 Å². The average Bonchev–Trinajstić information content (AvgIpc) is 2.46. The Morgan fingerprint density at radius 1 is 1.80 bits per heavy atom. The average molecular weight is 209 g/mol. The van der Waals surface area contributed by atoms with Crippen LogP contribution in [0.5, 0.6) is 0 Å². The van der Waals surface area contributed by atoms with Gasteiger partial charge in [0.25, 0.3) is 0 Å². The lowest BCUT2D eigenvalue weighted by atomic mass is 10.5. The molecule has 3 nitrogen and oxygen atoms in total. The third kappa shape index (κ3) is 1.95. The third-order valence-corrected chi connectivity index (χ3v) is 1.59. The zero-order chi connectivity index (χ0) is 7.72. The second-order valence-corrected chi connectivity index (χ2v) is 3.64. The topological polar surface area (TPSA) is 38.8 Å². The van der Waals surface area contributed by atoms with Gasteiger partial charge in [-0.15, -0.1) is 0 Å². The Morgan fingerprint density at radius 3 is 2.60 bits per heavy atom. The Morgan fingerprint density at radius 2 is 2.30 bits per heavy atom. The van der Waals surface area contributed by atoms with Gasteiger partial charge in [-0.05, 0) is 13.8 Å². The monoisotopic (exact) mass is 208 g/mol. The highest BCUT2D eigenvalue weighted by molar-refractivity contribution is 9.10. The van der Waals surface area contributed by atoms with Gasteiger partial charge in [0.2, 0.25) is 6.29 Å². The Balaban J connectivity index is 2.20. The van der Waals surface area contributed by atoms with Crippen molar-refractivity contribution in [2.45, 2.75) is 31.1 Å². The van der Waals surface area contributed by atoms with E-state index in [1.807, 2.05) is 6.92 Å². The van der Waals surface area contributed by atoms with Crippen molar-refractivity contribution in [3.8, 4) is 0 Å². The van der Waals surface area contributed by atoms with Crippen LogP contribution in [0.2, 0.25) is 0 Å². The Kier molecular flexibility index (Phi) is 2.31. The molecular weight excluding hydrogens is 200 g/mol. The van der Waals surface area contributed by atoms with Crippen molar-refractivity contribution in [3.05, 3.63) is 0 Å². The fourth-order valence-electron chi connectivity index (χ4n) is 0.498. The van der Waals surface area contributed by atoms with Crippen molar-refractivity contribution in [3.63, 3.8) is 0 Å². The van der Waals surface area contributed by atoms with E-state index in [9.17, 15) is 4.79 Å². The molecule has 1 rings (SSSR count). The van der Waals surface area contributed by atoms with Crippen molar-refractivity contribution in [1.29, 1.82) is 0 Å². The van der Waals surface area contributed by atoms with Crippen LogP contribution in [-0.2, 0) is 14.3 Å². The molecule has 0 aromatic heterocycles. The van der Waals surface area contributed by atoms with Crippen LogP contribution in [0.4, 0.5) is 0 Å². The van der Waals surface area contributed by atoms with Gasteiger partial charge in [-0.25, -0.2) is 0 Å². The zero-order valence-corrected chi connectivity index (χ0v) is 7.42. The summed E-state index contributed by atoms with van der Waals surface area (Å²) in [5.41, 5.74) is 0. The molecule has 0 amide bonds. The molecular formula is C6H9BrO3. The quantitative estimate of drug-likeness (QED) is 0.387. The minimum Gasteiger partial charge on any atom is -0.432 e. The molecule has 1 aliphatic rings. The molecule has 0 radical (unpaired) electrons. The van der Waals surface area contributed by atoms with Crippen LogP contribution >= 0.6 is 15.9 Å². The van der Waals surface area contributed by atoms with E-state index in [1.165, 1.54) is 0 Å². The summed E-state index contributed by atoms with van der Waals surface area (Å²) in [6.45, 7) is 3.58. The number of carbonyl (C=O) groups excluding carboxylic acids is 1. The molecule has 0 aliphatic carbocycles. The predicted octanol–water partition coefficient (Wildman–Crippen LogP) is 1.06. The molecule has 1 aliphatic heterocycles. The first kappa shape index (κ1) is 8.01. The first-order valence-electron chi connectivity index (χ1n) is 3.11. The Labute approximate surface area is 67.8 Å². The largest absolute Gasteiger partial charge is 0.432 e. The van der Waals surface area contributed by atoms with E-state index in [1.54, 1.807) is 6.92 Å². The molecule has 0 aromatic rings. The summed E-state index contributed by atoms with van der Waals surface area (Å²) in [6.07, 6.45) is -0.220. The molecule has 0 bridgehead atoms. The minimum absolute atomic E-state index is 0.0789. The fourth-order valence-corrected chi connectivity index (χ4v) is 0.606. The molecule has 3 atom stereocenters. The number of carbonyl (C=O) groups is 1. The number of ether oxygens (including phenoxy) is 2. The van der Waals surface area contributed by atoms with Gasteiger partial charge < -0.3 is 9.47 Å². The smallest absolute Gasteiger partial charge is 0.321 e. The SMILES string of the molecule is CC(Br)C(=O)OC1OC1C. The normalized spacial score (nSPS) is 33.1. The van der Waals surface area contributed by atoms with Crippen LogP contribution in [0.1, 0.15) is 13.8 Å². The van der Waals surface area contributed by atoms with E-state index in [0.717, 1.165) is 0 Å². The van der Waals surface area contributed by atoms with E-state index in [4.69, 9.17) is 9.47 Å². The van der Waals surface area contributed by atoms with E-state index >= 15 is 0 Å². The maximum atomic E-state index is 10.8. The molecule has 0 spiro atoms. The summed E-state index contributed by atoms with van der Waals surface area (Å²) in [5.74, 6) is -0.269. The Bertz CT molecular complexity index is 146. The van der Waals surface area contributed by atoms with Crippen molar-refractivity contribution in [2.75, 3.05) is 0 Å². The molecule has 1 heterocycles. The molecule has 10 heavy (non-hydrogen) atoms. The molecule has 0 aromatic carbocycles. The summed E-state index contributed by atoms with van der Waals surface area (Å²) in [5, 5.41) is 0. The second-order valence-electron chi connectivity index (χ2n) is 2.26. The van der Waals surface area contributed by atoms with Gasteiger partial charge in [0.1, 0.15) is 10.9 Å². The number of hydrogen-bond donors (Lipinski definition) is 0. The van der Waals surface area contributed by atoms with Crippen molar-refractivity contribution < 1.29 is 14.3 Å². The van der Waals surface area contributed by atoms with Crippen molar-refractivity contribution in [2.24, 2.45) is 0 Å². The van der Waals surface area contributed by atoms with Crippen molar-refractivity contribution in [1.82, 2.24) is 0 Å². The lowest BCUT2D eigenvalue weighted by molar-refractivity contribution is -0.147. The summed E-state index contributed by atoms with van der Waals surface area (Å²) in [6, 6.07) is 0. The molecule has 1 fully saturated rings. The predicted molar refractivity (Wildman–Crippen MR) is 38.8 cm³/mol. The van der Waals surface area contributed by atoms with Gasteiger partial charge in [0.15, 0.2) is 0 Å². The van der Waals surface area contributed by atoms with Crippen LogP contribution in [0.25, 0.3) is 0 Å². The number of halogens is 1. The minimum atomic E-state index is -0.299. The van der Waals surface area contributed by atoms with E-state index < -0.39 is 0 Å². The number of rotatable bonds is 2. The van der Waals surface area contributed by atoms with Gasteiger partial charge >= 0.3 is 5.97 Å². The second kappa shape index (κ2) is 2.88. The maximum absolute atomic E-state index is 10.8. The number of hydrogen-bond acceptors (Lipinski definition) is 3. The van der Waals surface area contributed by atoms with E-state index in [0.29, 0.717) is 0 Å². The first-order valence-corrected chi connectivity index (χ1v) is 4.03. The summed E-state index contributed by atoms with van der Waals surface area (Å²) in [4.78, 5) is 10.5. The van der Waals surface area contributed by atoms with Gasteiger partial charge in [0.05, 0.1) is 0 Å². The molecule has 0 saturated carbocycles. The van der Waals surface area contributed by atoms with E-state index in [2.05, 4.69) is 15.9 Å². The van der Waals surface area contributed by atoms with Gasteiger partial charge in [0, 0.05) is 0 Å². The zero-order valence-electron chi connectivity index (χ0n) is 5.83.